The summed E-state index contributed by atoms with van der Waals surface area (Å²) >= 11 is 0. The highest BCUT2D eigenvalue weighted by Gasteiger charge is 2.10. The molecule has 2 heterocycles. The minimum absolute atomic E-state index is 0.0388. The van der Waals surface area contributed by atoms with Gasteiger partial charge in [0.15, 0.2) is 6.61 Å². The fraction of sp³-hybridized carbons (Fsp3) is 0.130. The van der Waals surface area contributed by atoms with E-state index in [0.29, 0.717) is 5.75 Å². The Morgan fingerprint density at radius 1 is 1.04 bits per heavy atom. The van der Waals surface area contributed by atoms with Crippen LogP contribution in [0.15, 0.2) is 73.1 Å². The molecule has 0 aliphatic rings. The number of aryl methyl sites for hydroxylation is 2. The molecule has 2 aromatic carbocycles. The molecule has 0 saturated carbocycles. The third kappa shape index (κ3) is 3.74. The number of rotatable bonds is 5. The van der Waals surface area contributed by atoms with Crippen LogP contribution in [-0.4, -0.2) is 21.9 Å². The summed E-state index contributed by atoms with van der Waals surface area (Å²) in [6, 6.07) is 19.5. The van der Waals surface area contributed by atoms with E-state index in [1.807, 2.05) is 91.3 Å². The third-order valence-corrected chi connectivity index (χ3v) is 4.62. The van der Waals surface area contributed by atoms with E-state index in [2.05, 4.69) is 10.3 Å². The summed E-state index contributed by atoms with van der Waals surface area (Å²) in [4.78, 5) is 17.0. The van der Waals surface area contributed by atoms with Gasteiger partial charge in [-0.2, -0.15) is 0 Å². The molecule has 0 atom stereocenters. The van der Waals surface area contributed by atoms with E-state index in [-0.39, 0.29) is 12.5 Å². The van der Waals surface area contributed by atoms with Gasteiger partial charge < -0.3 is 14.5 Å². The van der Waals surface area contributed by atoms with Gasteiger partial charge in [-0.1, -0.05) is 36.4 Å². The van der Waals surface area contributed by atoms with Crippen LogP contribution >= 0.6 is 0 Å². The molecule has 0 spiro atoms. The van der Waals surface area contributed by atoms with Crippen LogP contribution in [0, 0.1) is 13.8 Å². The second kappa shape index (κ2) is 7.56. The first-order chi connectivity index (χ1) is 13.6. The number of pyridine rings is 1. The van der Waals surface area contributed by atoms with Gasteiger partial charge in [-0.3, -0.25) is 4.79 Å². The summed E-state index contributed by atoms with van der Waals surface area (Å²) in [6.07, 6.45) is 3.94. The normalized spacial score (nSPS) is 10.8. The average molecular weight is 371 g/mol. The molecule has 4 aromatic rings. The number of aromatic nitrogens is 2. The quantitative estimate of drug-likeness (QED) is 0.556. The van der Waals surface area contributed by atoms with E-state index in [0.717, 1.165) is 33.7 Å². The molecule has 5 nitrogen and oxygen atoms in total. The van der Waals surface area contributed by atoms with Gasteiger partial charge in [0.25, 0.3) is 5.91 Å². The zero-order valence-corrected chi connectivity index (χ0v) is 15.8. The van der Waals surface area contributed by atoms with Gasteiger partial charge in [-0.15, -0.1) is 0 Å². The molecule has 1 N–H and O–H groups in total. The average Bonchev–Trinajstić information content (AvgIpc) is 3.13. The number of ether oxygens (including phenoxy) is 1. The minimum Gasteiger partial charge on any atom is -0.483 e. The Morgan fingerprint density at radius 2 is 1.86 bits per heavy atom. The Bertz CT molecular complexity index is 1110. The lowest BCUT2D eigenvalue weighted by Crippen LogP contribution is -2.20. The molecule has 28 heavy (non-hydrogen) atoms. The van der Waals surface area contributed by atoms with Crippen LogP contribution in [0.4, 0.5) is 5.69 Å². The maximum atomic E-state index is 12.4. The highest BCUT2D eigenvalue weighted by molar-refractivity contribution is 5.93. The monoisotopic (exact) mass is 371 g/mol. The lowest BCUT2D eigenvalue weighted by Gasteiger charge is -2.12. The number of hydrogen-bond donors (Lipinski definition) is 1. The van der Waals surface area contributed by atoms with Gasteiger partial charge in [0.2, 0.25) is 0 Å². The van der Waals surface area contributed by atoms with Crippen molar-refractivity contribution in [3.8, 4) is 17.0 Å². The summed E-state index contributed by atoms with van der Waals surface area (Å²) in [5, 5.41) is 2.95. The van der Waals surface area contributed by atoms with E-state index in [4.69, 9.17) is 4.74 Å². The summed E-state index contributed by atoms with van der Waals surface area (Å²) in [7, 11) is 0. The number of benzene rings is 2. The molecule has 0 unspecified atom stereocenters. The molecule has 1 amide bonds. The molecule has 140 valence electrons. The predicted molar refractivity (Wildman–Crippen MR) is 111 cm³/mol. The van der Waals surface area contributed by atoms with Gasteiger partial charge in [0.05, 0.1) is 5.69 Å². The van der Waals surface area contributed by atoms with Gasteiger partial charge in [-0.25, -0.2) is 4.98 Å². The highest BCUT2D eigenvalue weighted by Crippen LogP contribution is 2.25. The van der Waals surface area contributed by atoms with Gasteiger partial charge in [0.1, 0.15) is 11.4 Å². The van der Waals surface area contributed by atoms with Crippen LogP contribution in [-0.2, 0) is 4.79 Å². The van der Waals surface area contributed by atoms with E-state index < -0.39 is 0 Å². The van der Waals surface area contributed by atoms with Gasteiger partial charge in [-0.05, 0) is 49.2 Å². The predicted octanol–water partition coefficient (Wildman–Crippen LogP) is 4.64. The van der Waals surface area contributed by atoms with Crippen LogP contribution in [0.3, 0.4) is 0 Å². The Kier molecular flexibility index (Phi) is 4.81. The molecule has 0 bridgehead atoms. The van der Waals surface area contributed by atoms with Gasteiger partial charge in [0, 0.05) is 23.6 Å². The molecular formula is C23H21N3O2. The molecule has 0 saturated heterocycles. The summed E-state index contributed by atoms with van der Waals surface area (Å²) in [6.45, 7) is 3.88. The van der Waals surface area contributed by atoms with E-state index in [9.17, 15) is 4.79 Å². The number of carbonyl (C=O) groups is 1. The Balaban J connectivity index is 1.50. The molecule has 0 aliphatic carbocycles. The first kappa shape index (κ1) is 17.8. The van der Waals surface area contributed by atoms with Crippen molar-refractivity contribution in [3.63, 3.8) is 0 Å². The summed E-state index contributed by atoms with van der Waals surface area (Å²) in [5.74, 6) is 0.520. The fourth-order valence-electron chi connectivity index (χ4n) is 3.04. The standard InChI is InChI=1S/C23H21N3O2/c1-16-10-11-18(20-14-26-12-6-5-9-22(26)24-20)13-19(16)25-23(27)15-28-21-8-4-3-7-17(21)2/h3-14H,15H2,1-2H3,(H,25,27). The van der Waals surface area contributed by atoms with Crippen molar-refractivity contribution in [3.05, 3.63) is 84.2 Å². The zero-order chi connectivity index (χ0) is 19.5. The van der Waals surface area contributed by atoms with Crippen LogP contribution in [0.25, 0.3) is 16.9 Å². The van der Waals surface area contributed by atoms with Crippen molar-refractivity contribution in [2.75, 3.05) is 11.9 Å². The number of nitrogens with zero attached hydrogens (tertiary/aromatic N) is 2. The van der Waals surface area contributed by atoms with Crippen molar-refractivity contribution in [1.82, 2.24) is 9.38 Å². The lowest BCUT2D eigenvalue weighted by atomic mass is 10.1. The Morgan fingerprint density at radius 3 is 2.68 bits per heavy atom. The maximum absolute atomic E-state index is 12.4. The topological polar surface area (TPSA) is 55.6 Å². The van der Waals surface area contributed by atoms with E-state index in [1.54, 1.807) is 0 Å². The number of hydrogen-bond acceptors (Lipinski definition) is 3. The lowest BCUT2D eigenvalue weighted by molar-refractivity contribution is -0.118. The molecule has 2 aromatic heterocycles. The van der Waals surface area contributed by atoms with Crippen molar-refractivity contribution in [1.29, 1.82) is 0 Å². The smallest absolute Gasteiger partial charge is 0.262 e. The Labute approximate surface area is 163 Å². The van der Waals surface area contributed by atoms with Crippen molar-refractivity contribution < 1.29 is 9.53 Å². The van der Waals surface area contributed by atoms with E-state index >= 15 is 0 Å². The SMILES string of the molecule is Cc1ccc(-c2cn3ccccc3n2)cc1NC(=O)COc1ccccc1C. The second-order valence-electron chi connectivity index (χ2n) is 6.72. The van der Waals surface area contributed by atoms with Crippen molar-refractivity contribution in [2.45, 2.75) is 13.8 Å². The fourth-order valence-corrected chi connectivity index (χ4v) is 3.04. The third-order valence-electron chi connectivity index (χ3n) is 4.62. The molecule has 0 fully saturated rings. The summed E-state index contributed by atoms with van der Waals surface area (Å²) < 4.78 is 7.61. The first-order valence-corrected chi connectivity index (χ1v) is 9.13. The number of para-hydroxylation sites is 1. The number of fused-ring (bicyclic) bond motifs is 1. The molecule has 0 aliphatic heterocycles. The minimum atomic E-state index is -0.196. The maximum Gasteiger partial charge on any atom is 0.262 e. The molecular weight excluding hydrogens is 350 g/mol. The molecule has 5 heteroatoms. The van der Waals surface area contributed by atoms with Crippen LogP contribution in [0.1, 0.15) is 11.1 Å². The zero-order valence-electron chi connectivity index (χ0n) is 15.8. The largest absolute Gasteiger partial charge is 0.483 e. The number of nitrogens with one attached hydrogen (secondary N) is 1. The number of imidazole rings is 1. The van der Waals surface area contributed by atoms with Gasteiger partial charge >= 0.3 is 0 Å². The number of amides is 1. The van der Waals surface area contributed by atoms with Crippen LogP contribution < -0.4 is 10.1 Å². The first-order valence-electron chi connectivity index (χ1n) is 9.13. The highest BCUT2D eigenvalue weighted by atomic mass is 16.5. The second-order valence-corrected chi connectivity index (χ2v) is 6.72. The molecule has 0 radical (unpaired) electrons. The number of carbonyl (C=O) groups excluding carboxylic acids is 1. The molecule has 4 rings (SSSR count). The number of anilines is 1. The van der Waals surface area contributed by atoms with E-state index in [1.165, 1.54) is 0 Å². The van der Waals surface area contributed by atoms with Crippen molar-refractivity contribution in [2.24, 2.45) is 0 Å². The Hall–Kier alpha value is -3.60. The van der Waals surface area contributed by atoms with Crippen LogP contribution in [0.5, 0.6) is 5.75 Å². The van der Waals surface area contributed by atoms with Crippen molar-refractivity contribution >= 4 is 17.2 Å². The van der Waals surface area contributed by atoms with Crippen LogP contribution in [0.2, 0.25) is 0 Å². The summed E-state index contributed by atoms with van der Waals surface area (Å²) in [5.41, 5.74) is 5.43.